The van der Waals surface area contributed by atoms with E-state index >= 15 is 0 Å². The highest BCUT2D eigenvalue weighted by Gasteiger charge is 2.37. The minimum Gasteiger partial charge on any atom is -0.366 e. The second-order valence-electron chi connectivity index (χ2n) is 6.54. The summed E-state index contributed by atoms with van der Waals surface area (Å²) in [7, 11) is 3.45. The molecule has 1 aromatic heterocycles. The molecule has 0 aliphatic carbocycles. The molecule has 2 aliphatic rings. The molecule has 1 aromatic rings. The van der Waals surface area contributed by atoms with Crippen LogP contribution in [0.15, 0.2) is 16.9 Å². The first kappa shape index (κ1) is 16.7. The highest BCUT2D eigenvalue weighted by molar-refractivity contribution is 5.94. The minimum absolute atomic E-state index is 0.00935. The Morgan fingerprint density at radius 2 is 1.88 bits per heavy atom. The fourth-order valence-corrected chi connectivity index (χ4v) is 3.43. The number of nitrogens with zero attached hydrogens (tertiary/aromatic N) is 3. The van der Waals surface area contributed by atoms with Gasteiger partial charge in [0.25, 0.3) is 11.5 Å². The van der Waals surface area contributed by atoms with Crippen LogP contribution in [0.25, 0.3) is 0 Å². The Morgan fingerprint density at radius 3 is 2.62 bits per heavy atom. The molecule has 0 saturated carbocycles. The third-order valence-electron chi connectivity index (χ3n) is 5.19. The fraction of sp³-hybridized carbons (Fsp3) is 0.588. The number of aryl methyl sites for hydroxylation is 1. The molecular formula is C17H23N3O4. The number of likely N-dealkylation sites (tertiary alicyclic amines) is 1. The predicted molar refractivity (Wildman–Crippen MR) is 87.9 cm³/mol. The molecule has 2 aliphatic heterocycles. The van der Waals surface area contributed by atoms with Crippen molar-refractivity contribution in [1.29, 1.82) is 0 Å². The lowest BCUT2D eigenvalue weighted by molar-refractivity contribution is -0.154. The summed E-state index contributed by atoms with van der Waals surface area (Å²) in [6.45, 7) is 2.97. The Labute approximate surface area is 140 Å². The van der Waals surface area contributed by atoms with Gasteiger partial charge in [-0.15, -0.1) is 0 Å². The molecule has 2 amide bonds. The summed E-state index contributed by atoms with van der Waals surface area (Å²) in [4.78, 5) is 40.3. The Balaban J connectivity index is 1.79. The van der Waals surface area contributed by atoms with E-state index in [1.165, 1.54) is 4.57 Å². The van der Waals surface area contributed by atoms with Crippen LogP contribution in [0.3, 0.4) is 0 Å². The van der Waals surface area contributed by atoms with Crippen LogP contribution in [0.5, 0.6) is 0 Å². The second-order valence-corrected chi connectivity index (χ2v) is 6.54. The van der Waals surface area contributed by atoms with Crippen LogP contribution in [0.1, 0.15) is 28.9 Å². The molecule has 3 heterocycles. The Kier molecular flexibility index (Phi) is 4.45. The van der Waals surface area contributed by atoms with Crippen LogP contribution in [-0.4, -0.2) is 65.1 Å². The molecule has 0 aromatic carbocycles. The molecule has 24 heavy (non-hydrogen) atoms. The van der Waals surface area contributed by atoms with Crippen LogP contribution in [0.4, 0.5) is 0 Å². The zero-order chi connectivity index (χ0) is 17.4. The molecule has 0 spiro atoms. The van der Waals surface area contributed by atoms with Gasteiger partial charge in [-0.25, -0.2) is 0 Å². The normalized spacial score (nSPS) is 24.5. The van der Waals surface area contributed by atoms with E-state index in [4.69, 9.17) is 4.74 Å². The van der Waals surface area contributed by atoms with Gasteiger partial charge in [0, 0.05) is 32.9 Å². The van der Waals surface area contributed by atoms with Crippen molar-refractivity contribution in [3.8, 4) is 0 Å². The highest BCUT2D eigenvalue weighted by atomic mass is 16.5. The van der Waals surface area contributed by atoms with Crippen LogP contribution >= 0.6 is 0 Å². The van der Waals surface area contributed by atoms with Gasteiger partial charge >= 0.3 is 0 Å². The standard InChI is InChI=1S/C17H23N3O4/c1-11-4-5-12(16(22)18(11)2)17(23)20-8-6-13-14(7-9-20)24-10-15(21)19(13)3/h4-5,13-14H,6-10H2,1-3H3/t13-,14-/m0/s1. The van der Waals surface area contributed by atoms with Crippen molar-refractivity contribution in [3.05, 3.63) is 33.7 Å². The number of carbonyl (C=O) groups is 2. The van der Waals surface area contributed by atoms with Gasteiger partial charge in [0.05, 0.1) is 12.1 Å². The molecule has 2 fully saturated rings. The van der Waals surface area contributed by atoms with E-state index < -0.39 is 0 Å². The van der Waals surface area contributed by atoms with Crippen molar-refractivity contribution < 1.29 is 14.3 Å². The fourth-order valence-electron chi connectivity index (χ4n) is 3.43. The summed E-state index contributed by atoms with van der Waals surface area (Å²) in [6, 6.07) is 3.37. The maximum absolute atomic E-state index is 12.8. The number of likely N-dealkylation sites (N-methyl/N-ethyl adjacent to an activating group) is 1. The molecule has 0 N–H and O–H groups in total. The van der Waals surface area contributed by atoms with Crippen molar-refractivity contribution in [3.63, 3.8) is 0 Å². The largest absolute Gasteiger partial charge is 0.366 e. The van der Waals surface area contributed by atoms with E-state index in [0.29, 0.717) is 25.9 Å². The summed E-state index contributed by atoms with van der Waals surface area (Å²) in [5, 5.41) is 0. The second kappa shape index (κ2) is 6.39. The summed E-state index contributed by atoms with van der Waals surface area (Å²) >= 11 is 0. The lowest BCUT2D eigenvalue weighted by Crippen LogP contribution is -2.52. The number of carbonyl (C=O) groups excluding carboxylic acids is 2. The van der Waals surface area contributed by atoms with Gasteiger partial charge in [-0.1, -0.05) is 0 Å². The summed E-state index contributed by atoms with van der Waals surface area (Å²) < 4.78 is 7.13. The zero-order valence-electron chi connectivity index (χ0n) is 14.3. The van der Waals surface area contributed by atoms with E-state index in [9.17, 15) is 14.4 Å². The number of amides is 2. The molecule has 130 valence electrons. The van der Waals surface area contributed by atoms with Crippen LogP contribution in [0.2, 0.25) is 0 Å². The van der Waals surface area contributed by atoms with Gasteiger partial charge in [0.2, 0.25) is 5.91 Å². The van der Waals surface area contributed by atoms with Gasteiger partial charge in [-0.2, -0.15) is 0 Å². The number of fused-ring (bicyclic) bond motifs is 1. The average molecular weight is 333 g/mol. The van der Waals surface area contributed by atoms with Crippen molar-refractivity contribution in [1.82, 2.24) is 14.4 Å². The van der Waals surface area contributed by atoms with Gasteiger partial charge in [-0.05, 0) is 31.9 Å². The number of pyridine rings is 1. The topological polar surface area (TPSA) is 71.8 Å². The SMILES string of the molecule is Cc1ccc(C(=O)N2CC[C@@H]3OCC(=O)N(C)[C@H]3CC2)c(=O)n1C. The van der Waals surface area contributed by atoms with Crippen molar-refractivity contribution in [2.24, 2.45) is 7.05 Å². The molecule has 2 atom stereocenters. The molecule has 0 radical (unpaired) electrons. The molecule has 7 nitrogen and oxygen atoms in total. The van der Waals surface area contributed by atoms with E-state index in [0.717, 1.165) is 5.69 Å². The molecule has 0 bridgehead atoms. The molecule has 3 rings (SSSR count). The van der Waals surface area contributed by atoms with Gasteiger partial charge < -0.3 is 19.1 Å². The van der Waals surface area contributed by atoms with Crippen molar-refractivity contribution in [2.75, 3.05) is 26.7 Å². The monoisotopic (exact) mass is 333 g/mol. The number of rotatable bonds is 1. The van der Waals surface area contributed by atoms with E-state index in [2.05, 4.69) is 0 Å². The molecule has 7 heteroatoms. The Morgan fingerprint density at radius 1 is 1.17 bits per heavy atom. The lowest BCUT2D eigenvalue weighted by atomic mass is 10.0. The molecule has 0 unspecified atom stereocenters. The first-order valence-electron chi connectivity index (χ1n) is 8.23. The maximum atomic E-state index is 12.8. The molecular weight excluding hydrogens is 310 g/mol. The smallest absolute Gasteiger partial charge is 0.263 e. The van der Waals surface area contributed by atoms with Crippen LogP contribution in [-0.2, 0) is 16.6 Å². The van der Waals surface area contributed by atoms with E-state index in [-0.39, 0.29) is 41.7 Å². The zero-order valence-corrected chi connectivity index (χ0v) is 14.3. The number of morpholine rings is 1. The minimum atomic E-state index is -0.273. The maximum Gasteiger partial charge on any atom is 0.263 e. The number of aromatic nitrogens is 1. The van der Waals surface area contributed by atoms with Gasteiger partial charge in [0.15, 0.2) is 0 Å². The number of ether oxygens (including phenoxy) is 1. The van der Waals surface area contributed by atoms with Crippen molar-refractivity contribution in [2.45, 2.75) is 31.9 Å². The predicted octanol–water partition coefficient (Wildman–Crippen LogP) is 0.156. The summed E-state index contributed by atoms with van der Waals surface area (Å²) in [5.74, 6) is -0.272. The number of hydrogen-bond acceptors (Lipinski definition) is 4. The molecule has 2 saturated heterocycles. The highest BCUT2D eigenvalue weighted by Crippen LogP contribution is 2.23. The third-order valence-corrected chi connectivity index (χ3v) is 5.19. The van der Waals surface area contributed by atoms with Crippen LogP contribution < -0.4 is 5.56 Å². The Hall–Kier alpha value is -2.15. The summed E-state index contributed by atoms with van der Waals surface area (Å²) in [6.07, 6.45) is 1.27. The number of hydrogen-bond donors (Lipinski definition) is 0. The quantitative estimate of drug-likeness (QED) is 0.734. The lowest BCUT2D eigenvalue weighted by Gasteiger charge is -2.37. The first-order chi connectivity index (χ1) is 11.4. The first-order valence-corrected chi connectivity index (χ1v) is 8.23. The van der Waals surface area contributed by atoms with E-state index in [1.54, 1.807) is 36.0 Å². The van der Waals surface area contributed by atoms with Gasteiger partial charge in [0.1, 0.15) is 12.2 Å². The summed E-state index contributed by atoms with van der Waals surface area (Å²) in [5.41, 5.74) is 0.732. The van der Waals surface area contributed by atoms with Crippen molar-refractivity contribution >= 4 is 11.8 Å². The Bertz CT molecular complexity index is 727. The van der Waals surface area contributed by atoms with E-state index in [1.807, 2.05) is 6.92 Å². The third kappa shape index (κ3) is 2.84. The van der Waals surface area contributed by atoms with Gasteiger partial charge in [-0.3, -0.25) is 14.4 Å². The van der Waals surface area contributed by atoms with Crippen LogP contribution in [0, 0.1) is 6.92 Å². The average Bonchev–Trinajstić information content (AvgIpc) is 2.79.